The molecule has 3 heteroatoms. The Kier molecular flexibility index (Phi) is 4.33. The fraction of sp³-hybridized carbons (Fsp3) is 0.0476. The monoisotopic (exact) mass is 318 g/mol. The van der Waals surface area contributed by atoms with E-state index in [2.05, 4.69) is 5.92 Å². The van der Waals surface area contributed by atoms with Crippen LogP contribution in [0, 0.1) is 18.2 Å². The molecule has 0 saturated heterocycles. The number of ether oxygens (including phenoxy) is 1. The number of hydrogen-bond acceptors (Lipinski definition) is 2. The van der Waals surface area contributed by atoms with Crippen LogP contribution in [0.25, 0.3) is 0 Å². The first-order valence-corrected chi connectivity index (χ1v) is 7.41. The third-order valence-corrected chi connectivity index (χ3v) is 3.72. The highest BCUT2D eigenvalue weighted by molar-refractivity contribution is 5.45. The van der Waals surface area contributed by atoms with Crippen molar-refractivity contribution in [2.75, 3.05) is 0 Å². The van der Waals surface area contributed by atoms with Crippen LogP contribution in [0.15, 0.2) is 78.9 Å². The molecule has 3 aromatic carbocycles. The minimum absolute atomic E-state index is 0.320. The van der Waals surface area contributed by atoms with E-state index in [9.17, 15) is 9.50 Å². The van der Waals surface area contributed by atoms with Gasteiger partial charge in [0.2, 0.25) is 0 Å². The third-order valence-electron chi connectivity index (χ3n) is 3.72. The van der Waals surface area contributed by atoms with Gasteiger partial charge in [0, 0.05) is 11.1 Å². The summed E-state index contributed by atoms with van der Waals surface area (Å²) in [5.41, 5.74) is -0.308. The van der Waals surface area contributed by atoms with Crippen molar-refractivity contribution >= 4 is 0 Å². The van der Waals surface area contributed by atoms with E-state index in [1.165, 1.54) is 12.1 Å². The van der Waals surface area contributed by atoms with E-state index in [0.29, 0.717) is 22.6 Å². The average molecular weight is 318 g/mol. The molecule has 0 spiro atoms. The smallest absolute Gasteiger partial charge is 0.176 e. The molecule has 0 aliphatic carbocycles. The standard InChI is InChI=1S/C21H15FO2/c1-2-21(23,16-6-4-3-5-7-16)17-8-12-19(13-9-17)24-20-14-10-18(22)11-15-20/h1,3-15,23H. The second-order valence-electron chi connectivity index (χ2n) is 5.30. The summed E-state index contributed by atoms with van der Waals surface area (Å²) in [6.45, 7) is 0. The second kappa shape index (κ2) is 6.57. The number of terminal acetylenes is 1. The van der Waals surface area contributed by atoms with E-state index in [-0.39, 0.29) is 5.82 Å². The quantitative estimate of drug-likeness (QED) is 0.718. The van der Waals surface area contributed by atoms with Gasteiger partial charge in [-0.2, -0.15) is 0 Å². The van der Waals surface area contributed by atoms with Crippen LogP contribution < -0.4 is 4.74 Å². The molecule has 0 bridgehead atoms. The van der Waals surface area contributed by atoms with E-state index in [4.69, 9.17) is 11.2 Å². The Morgan fingerprint density at radius 3 is 1.83 bits per heavy atom. The highest BCUT2D eigenvalue weighted by atomic mass is 19.1. The Bertz CT molecular complexity index is 849. The summed E-state index contributed by atoms with van der Waals surface area (Å²) >= 11 is 0. The molecule has 1 atom stereocenters. The Hall–Kier alpha value is -3.09. The first-order valence-electron chi connectivity index (χ1n) is 7.41. The normalized spacial score (nSPS) is 12.9. The zero-order chi connectivity index (χ0) is 17.0. The summed E-state index contributed by atoms with van der Waals surface area (Å²) in [6.07, 6.45) is 5.58. The molecule has 0 saturated carbocycles. The Morgan fingerprint density at radius 1 is 0.792 bits per heavy atom. The molecule has 1 unspecified atom stereocenters. The first kappa shape index (κ1) is 15.8. The van der Waals surface area contributed by atoms with Gasteiger partial charge in [-0.25, -0.2) is 4.39 Å². The number of aliphatic hydroxyl groups is 1. The number of rotatable bonds is 4. The van der Waals surface area contributed by atoms with Crippen LogP contribution >= 0.6 is 0 Å². The predicted molar refractivity (Wildman–Crippen MR) is 91.2 cm³/mol. The Labute approximate surface area is 140 Å². The fourth-order valence-electron chi connectivity index (χ4n) is 2.42. The van der Waals surface area contributed by atoms with Crippen LogP contribution in [0.2, 0.25) is 0 Å². The number of benzene rings is 3. The molecular weight excluding hydrogens is 303 g/mol. The number of halogens is 1. The van der Waals surface area contributed by atoms with Crippen molar-refractivity contribution in [2.45, 2.75) is 5.60 Å². The first-order chi connectivity index (χ1) is 11.6. The van der Waals surface area contributed by atoms with Gasteiger partial charge >= 0.3 is 0 Å². The molecule has 0 aromatic heterocycles. The lowest BCUT2D eigenvalue weighted by Gasteiger charge is -2.23. The van der Waals surface area contributed by atoms with E-state index < -0.39 is 5.60 Å². The van der Waals surface area contributed by atoms with E-state index in [1.54, 1.807) is 48.5 Å². The molecule has 0 fully saturated rings. The molecular formula is C21H15FO2. The van der Waals surface area contributed by atoms with Gasteiger partial charge < -0.3 is 9.84 Å². The topological polar surface area (TPSA) is 29.5 Å². The largest absolute Gasteiger partial charge is 0.457 e. The highest BCUT2D eigenvalue weighted by Gasteiger charge is 2.28. The molecule has 0 heterocycles. The Balaban J connectivity index is 1.86. The second-order valence-corrected chi connectivity index (χ2v) is 5.30. The maximum atomic E-state index is 12.9. The third kappa shape index (κ3) is 3.15. The fourth-order valence-corrected chi connectivity index (χ4v) is 2.42. The highest BCUT2D eigenvalue weighted by Crippen LogP contribution is 2.31. The van der Waals surface area contributed by atoms with Gasteiger partial charge in [-0.05, 0) is 36.4 Å². The zero-order valence-corrected chi connectivity index (χ0v) is 12.8. The van der Waals surface area contributed by atoms with Gasteiger partial charge in [0.15, 0.2) is 5.60 Å². The molecule has 2 nitrogen and oxygen atoms in total. The van der Waals surface area contributed by atoms with Crippen molar-refractivity contribution in [1.29, 1.82) is 0 Å². The van der Waals surface area contributed by atoms with Crippen molar-refractivity contribution in [3.63, 3.8) is 0 Å². The predicted octanol–water partition coefficient (Wildman–Crippen LogP) is 4.49. The molecule has 3 rings (SSSR count). The molecule has 0 aliphatic heterocycles. The van der Waals surface area contributed by atoms with Gasteiger partial charge in [-0.3, -0.25) is 0 Å². The molecule has 3 aromatic rings. The minimum Gasteiger partial charge on any atom is -0.457 e. The van der Waals surface area contributed by atoms with Gasteiger partial charge in [0.05, 0.1) is 0 Å². The molecule has 0 aliphatic rings. The van der Waals surface area contributed by atoms with Gasteiger partial charge in [0.25, 0.3) is 0 Å². The van der Waals surface area contributed by atoms with Crippen LogP contribution in [-0.2, 0) is 5.60 Å². The molecule has 1 N–H and O–H groups in total. The maximum Gasteiger partial charge on any atom is 0.176 e. The zero-order valence-electron chi connectivity index (χ0n) is 12.8. The van der Waals surface area contributed by atoms with Crippen LogP contribution in [0.1, 0.15) is 11.1 Å². The molecule has 24 heavy (non-hydrogen) atoms. The number of hydrogen-bond donors (Lipinski definition) is 1. The van der Waals surface area contributed by atoms with E-state index in [1.807, 2.05) is 18.2 Å². The maximum absolute atomic E-state index is 12.9. The van der Waals surface area contributed by atoms with Crippen molar-refractivity contribution < 1.29 is 14.2 Å². The molecule has 118 valence electrons. The van der Waals surface area contributed by atoms with E-state index >= 15 is 0 Å². The summed E-state index contributed by atoms with van der Waals surface area (Å²) in [7, 11) is 0. The van der Waals surface area contributed by atoms with Crippen molar-refractivity contribution in [3.8, 4) is 23.8 Å². The lowest BCUT2D eigenvalue weighted by molar-refractivity contribution is 0.145. The summed E-state index contributed by atoms with van der Waals surface area (Å²) in [4.78, 5) is 0. The summed E-state index contributed by atoms with van der Waals surface area (Å²) in [6, 6.07) is 21.7. The molecule has 0 radical (unpaired) electrons. The SMILES string of the molecule is C#CC(O)(c1ccccc1)c1ccc(Oc2ccc(F)cc2)cc1. The van der Waals surface area contributed by atoms with Crippen LogP contribution in [0.5, 0.6) is 11.5 Å². The minimum atomic E-state index is -1.50. The van der Waals surface area contributed by atoms with Gasteiger partial charge in [-0.1, -0.05) is 48.4 Å². The average Bonchev–Trinajstić information content (AvgIpc) is 2.64. The van der Waals surface area contributed by atoms with Crippen molar-refractivity contribution in [1.82, 2.24) is 0 Å². The van der Waals surface area contributed by atoms with Gasteiger partial charge in [-0.15, -0.1) is 6.42 Å². The van der Waals surface area contributed by atoms with Crippen LogP contribution in [-0.4, -0.2) is 5.11 Å². The lowest BCUT2D eigenvalue weighted by atomic mass is 9.87. The van der Waals surface area contributed by atoms with Crippen LogP contribution in [0.3, 0.4) is 0 Å². The van der Waals surface area contributed by atoms with Crippen molar-refractivity contribution in [2.24, 2.45) is 0 Å². The lowest BCUT2D eigenvalue weighted by Crippen LogP contribution is -2.24. The van der Waals surface area contributed by atoms with E-state index in [0.717, 1.165) is 0 Å². The summed E-state index contributed by atoms with van der Waals surface area (Å²) in [5.74, 6) is 3.23. The van der Waals surface area contributed by atoms with Crippen LogP contribution in [0.4, 0.5) is 4.39 Å². The molecule has 0 amide bonds. The van der Waals surface area contributed by atoms with Gasteiger partial charge in [0.1, 0.15) is 17.3 Å². The van der Waals surface area contributed by atoms with Crippen molar-refractivity contribution in [3.05, 3.63) is 95.8 Å². The summed E-state index contributed by atoms with van der Waals surface area (Å²) in [5, 5.41) is 10.9. The Morgan fingerprint density at radius 2 is 1.29 bits per heavy atom. The summed E-state index contributed by atoms with van der Waals surface area (Å²) < 4.78 is 18.5.